The fourth-order valence-electron chi connectivity index (χ4n) is 2.44. The van der Waals surface area contributed by atoms with Crippen molar-refractivity contribution in [3.8, 4) is 0 Å². The van der Waals surface area contributed by atoms with Gasteiger partial charge in [-0.2, -0.15) is 0 Å². The van der Waals surface area contributed by atoms with E-state index in [4.69, 9.17) is 0 Å². The van der Waals surface area contributed by atoms with Crippen LogP contribution in [0.5, 0.6) is 0 Å². The van der Waals surface area contributed by atoms with Crippen LogP contribution in [0, 0.1) is 15.9 Å². The van der Waals surface area contributed by atoms with Crippen LogP contribution in [0.3, 0.4) is 0 Å². The van der Waals surface area contributed by atoms with Crippen molar-refractivity contribution >= 4 is 27.3 Å². The minimum absolute atomic E-state index is 0.103. The summed E-state index contributed by atoms with van der Waals surface area (Å²) in [5.74, 6) is -0.501. The maximum Gasteiger partial charge on any atom is 0.293 e. The molecule has 1 saturated heterocycles. The molecular weight excluding hydrogens is 329 g/mol. The normalized spacial score (nSPS) is 23.6. The molecule has 2 unspecified atom stereocenters. The zero-order chi connectivity index (χ0) is 14.9. The molecule has 1 aromatic rings. The van der Waals surface area contributed by atoms with Gasteiger partial charge in [-0.3, -0.25) is 10.1 Å². The molecule has 0 aromatic heterocycles. The number of nitro benzene ring substituents is 1. The number of halogens is 2. The molecule has 2 atom stereocenters. The third kappa shape index (κ3) is 3.27. The zero-order valence-corrected chi connectivity index (χ0v) is 13.0. The molecule has 0 aliphatic carbocycles. The molecule has 1 fully saturated rings. The summed E-state index contributed by atoms with van der Waals surface area (Å²) in [4.78, 5) is 12.8. The van der Waals surface area contributed by atoms with E-state index in [1.807, 2.05) is 0 Å². The zero-order valence-electron chi connectivity index (χ0n) is 11.4. The van der Waals surface area contributed by atoms with Crippen LogP contribution in [0.1, 0.15) is 19.8 Å². The molecule has 0 bridgehead atoms. The molecule has 110 valence electrons. The summed E-state index contributed by atoms with van der Waals surface area (Å²) in [5.41, 5.74) is 0.141. The Bertz CT molecular complexity index is 527. The van der Waals surface area contributed by atoms with Gasteiger partial charge < -0.3 is 10.2 Å². The highest BCUT2D eigenvalue weighted by molar-refractivity contribution is 9.10. The Balaban J connectivity index is 2.20. The molecule has 1 aliphatic heterocycles. The predicted molar refractivity (Wildman–Crippen MR) is 79.5 cm³/mol. The van der Waals surface area contributed by atoms with Crippen molar-refractivity contribution in [1.29, 1.82) is 0 Å². The van der Waals surface area contributed by atoms with E-state index in [0.717, 1.165) is 19.4 Å². The summed E-state index contributed by atoms with van der Waals surface area (Å²) < 4.78 is 13.7. The van der Waals surface area contributed by atoms with Crippen molar-refractivity contribution in [3.63, 3.8) is 0 Å². The number of nitro groups is 1. The molecule has 5 nitrogen and oxygen atoms in total. The quantitative estimate of drug-likeness (QED) is 0.673. The van der Waals surface area contributed by atoms with Crippen LogP contribution in [0.15, 0.2) is 16.6 Å². The average molecular weight is 346 g/mol. The predicted octanol–water partition coefficient (Wildman–Crippen LogP) is 3.39. The maximum atomic E-state index is 13.6. The Morgan fingerprint density at radius 3 is 2.85 bits per heavy atom. The first-order chi connectivity index (χ1) is 9.38. The van der Waals surface area contributed by atoms with Crippen molar-refractivity contribution in [2.24, 2.45) is 0 Å². The van der Waals surface area contributed by atoms with Gasteiger partial charge >= 0.3 is 0 Å². The molecule has 1 aromatic carbocycles. The summed E-state index contributed by atoms with van der Waals surface area (Å²) in [7, 11) is 2.06. The Hall–Kier alpha value is -1.21. The van der Waals surface area contributed by atoms with E-state index in [2.05, 4.69) is 40.1 Å². The van der Waals surface area contributed by atoms with Gasteiger partial charge in [0.2, 0.25) is 0 Å². The van der Waals surface area contributed by atoms with Gasteiger partial charge in [0.1, 0.15) is 11.5 Å². The third-order valence-corrected chi connectivity index (χ3v) is 4.41. The van der Waals surface area contributed by atoms with E-state index in [0.29, 0.717) is 6.04 Å². The largest absolute Gasteiger partial charge is 0.377 e. The first-order valence-corrected chi connectivity index (χ1v) is 7.28. The van der Waals surface area contributed by atoms with Crippen LogP contribution in [0.2, 0.25) is 0 Å². The fraction of sp³-hybridized carbons (Fsp3) is 0.538. The van der Waals surface area contributed by atoms with Crippen molar-refractivity contribution < 1.29 is 9.31 Å². The second-order valence-electron chi connectivity index (χ2n) is 5.24. The van der Waals surface area contributed by atoms with Crippen LogP contribution in [-0.2, 0) is 0 Å². The second kappa shape index (κ2) is 6.05. The van der Waals surface area contributed by atoms with E-state index in [1.54, 1.807) is 0 Å². The lowest BCUT2D eigenvalue weighted by Crippen LogP contribution is -2.42. The molecular formula is C13H17BrFN3O2. The average Bonchev–Trinajstić information content (AvgIpc) is 2.37. The van der Waals surface area contributed by atoms with Gasteiger partial charge in [-0.1, -0.05) is 0 Å². The van der Waals surface area contributed by atoms with Gasteiger partial charge in [-0.15, -0.1) is 0 Å². The molecule has 1 N–H and O–H groups in total. The number of anilines is 1. The Morgan fingerprint density at radius 1 is 1.55 bits per heavy atom. The number of hydrogen-bond donors (Lipinski definition) is 1. The number of hydrogen-bond acceptors (Lipinski definition) is 4. The molecule has 1 heterocycles. The number of nitrogens with one attached hydrogen (secondary N) is 1. The Labute approximate surface area is 125 Å². The lowest BCUT2D eigenvalue weighted by Gasteiger charge is -2.35. The standard InChI is InChI=1S/C13H17BrFN3O2/c1-8-5-9(3-4-17(8)2)16-12-7-11(15)10(14)6-13(12)18(19)20/h6-9,16H,3-5H2,1-2H3. The number of nitrogens with zero attached hydrogens (tertiary/aromatic N) is 2. The third-order valence-electron chi connectivity index (χ3n) is 3.80. The van der Waals surface area contributed by atoms with Crippen molar-refractivity contribution in [2.75, 3.05) is 18.9 Å². The van der Waals surface area contributed by atoms with Gasteiger partial charge in [0.05, 0.1) is 9.40 Å². The fourth-order valence-corrected chi connectivity index (χ4v) is 2.77. The first kappa shape index (κ1) is 15.2. The monoisotopic (exact) mass is 345 g/mol. The highest BCUT2D eigenvalue weighted by Gasteiger charge is 2.25. The van der Waals surface area contributed by atoms with Crippen molar-refractivity contribution in [2.45, 2.75) is 31.8 Å². The summed E-state index contributed by atoms with van der Waals surface area (Å²) >= 11 is 2.98. The lowest BCUT2D eigenvalue weighted by molar-refractivity contribution is -0.384. The highest BCUT2D eigenvalue weighted by atomic mass is 79.9. The van der Waals surface area contributed by atoms with E-state index in [1.165, 1.54) is 12.1 Å². The molecule has 1 aliphatic rings. The minimum Gasteiger partial charge on any atom is -0.377 e. The van der Waals surface area contributed by atoms with Crippen LogP contribution in [-0.4, -0.2) is 35.5 Å². The van der Waals surface area contributed by atoms with Crippen molar-refractivity contribution in [1.82, 2.24) is 4.90 Å². The van der Waals surface area contributed by atoms with E-state index < -0.39 is 10.7 Å². The Morgan fingerprint density at radius 2 is 2.25 bits per heavy atom. The maximum absolute atomic E-state index is 13.6. The number of piperidine rings is 1. The Kier molecular flexibility index (Phi) is 4.59. The summed E-state index contributed by atoms with van der Waals surface area (Å²) in [5, 5.41) is 14.2. The van der Waals surface area contributed by atoms with Crippen LogP contribution >= 0.6 is 15.9 Å². The van der Waals surface area contributed by atoms with Crippen molar-refractivity contribution in [3.05, 3.63) is 32.5 Å². The van der Waals surface area contributed by atoms with E-state index >= 15 is 0 Å². The molecule has 2 rings (SSSR count). The van der Waals surface area contributed by atoms with Gasteiger partial charge in [0.15, 0.2) is 0 Å². The highest BCUT2D eigenvalue weighted by Crippen LogP contribution is 2.32. The van der Waals surface area contributed by atoms with Crippen LogP contribution < -0.4 is 5.32 Å². The summed E-state index contributed by atoms with van der Waals surface area (Å²) in [6.07, 6.45) is 1.76. The van der Waals surface area contributed by atoms with Gasteiger partial charge in [0.25, 0.3) is 5.69 Å². The summed E-state index contributed by atoms with van der Waals surface area (Å²) in [6.45, 7) is 3.04. The topological polar surface area (TPSA) is 58.4 Å². The van der Waals surface area contributed by atoms with Gasteiger partial charge in [0, 0.05) is 30.8 Å². The van der Waals surface area contributed by atoms with E-state index in [9.17, 15) is 14.5 Å². The van der Waals surface area contributed by atoms with E-state index in [-0.39, 0.29) is 21.9 Å². The summed E-state index contributed by atoms with van der Waals surface area (Å²) in [6, 6.07) is 2.92. The molecule has 0 radical (unpaired) electrons. The smallest absolute Gasteiger partial charge is 0.293 e. The van der Waals surface area contributed by atoms with Crippen LogP contribution in [0.4, 0.5) is 15.8 Å². The molecule has 20 heavy (non-hydrogen) atoms. The molecule has 7 heteroatoms. The second-order valence-corrected chi connectivity index (χ2v) is 6.09. The van der Waals surface area contributed by atoms with Gasteiger partial charge in [-0.25, -0.2) is 4.39 Å². The van der Waals surface area contributed by atoms with Gasteiger partial charge in [-0.05, 0) is 42.7 Å². The lowest BCUT2D eigenvalue weighted by atomic mass is 9.98. The number of rotatable bonds is 3. The van der Waals surface area contributed by atoms with Crippen LogP contribution in [0.25, 0.3) is 0 Å². The SMILES string of the molecule is CC1CC(Nc2cc(F)c(Br)cc2[N+](=O)[O-])CCN1C. The first-order valence-electron chi connectivity index (χ1n) is 6.48. The minimum atomic E-state index is -0.501. The number of benzene rings is 1. The number of likely N-dealkylation sites (tertiary alicyclic amines) is 1. The molecule has 0 amide bonds. The molecule has 0 spiro atoms. The molecule has 0 saturated carbocycles.